The summed E-state index contributed by atoms with van der Waals surface area (Å²) in [6.07, 6.45) is -0.199. The molecule has 110 valence electrons. The van der Waals surface area contributed by atoms with Gasteiger partial charge in [0, 0.05) is 10.4 Å². The van der Waals surface area contributed by atoms with Crippen molar-refractivity contribution in [2.24, 2.45) is 0 Å². The van der Waals surface area contributed by atoms with Crippen LogP contribution >= 0.6 is 22.9 Å². The monoisotopic (exact) mass is 323 g/mol. The Morgan fingerprint density at radius 2 is 2.14 bits per heavy atom. The van der Waals surface area contributed by atoms with Crippen molar-refractivity contribution in [1.29, 1.82) is 0 Å². The Morgan fingerprint density at radius 1 is 1.38 bits per heavy atom. The van der Waals surface area contributed by atoms with E-state index >= 15 is 0 Å². The molecule has 1 unspecified atom stereocenters. The summed E-state index contributed by atoms with van der Waals surface area (Å²) in [6, 6.07) is 6.23. The lowest BCUT2D eigenvalue weighted by molar-refractivity contribution is -0.137. The van der Waals surface area contributed by atoms with Crippen molar-refractivity contribution < 1.29 is 14.7 Å². The van der Waals surface area contributed by atoms with Gasteiger partial charge >= 0.3 is 5.97 Å². The zero-order valence-corrected chi connectivity index (χ0v) is 12.9. The first-order valence-electron chi connectivity index (χ1n) is 6.28. The zero-order chi connectivity index (χ0) is 15.4. The maximum absolute atomic E-state index is 12.2. The number of nitrogens with one attached hydrogen (secondary N) is 1. The second kappa shape index (κ2) is 6.74. The zero-order valence-electron chi connectivity index (χ0n) is 11.3. The predicted molar refractivity (Wildman–Crippen MR) is 83.0 cm³/mol. The maximum Gasteiger partial charge on any atom is 0.305 e. The summed E-state index contributed by atoms with van der Waals surface area (Å²) in [6.45, 7) is 1.84. The lowest BCUT2D eigenvalue weighted by atomic mass is 10.0. The molecule has 2 rings (SSSR count). The average Bonchev–Trinajstić information content (AvgIpc) is 2.83. The van der Waals surface area contributed by atoms with E-state index in [4.69, 9.17) is 16.7 Å². The number of aliphatic carboxylic acids is 1. The number of carbonyl (C=O) groups is 2. The topological polar surface area (TPSA) is 66.4 Å². The Morgan fingerprint density at radius 3 is 2.71 bits per heavy atom. The summed E-state index contributed by atoms with van der Waals surface area (Å²) in [5.41, 5.74) is 2.11. The molecule has 1 heterocycles. The minimum atomic E-state index is -0.984. The van der Waals surface area contributed by atoms with Crippen LogP contribution in [-0.2, 0) is 4.79 Å². The van der Waals surface area contributed by atoms with Crippen molar-refractivity contribution in [3.63, 3.8) is 0 Å². The normalized spacial score (nSPS) is 11.9. The number of halogens is 1. The third-order valence-corrected chi connectivity index (χ3v) is 4.13. The molecule has 1 aromatic heterocycles. The van der Waals surface area contributed by atoms with Crippen LogP contribution in [0.15, 0.2) is 35.0 Å². The molecule has 0 radical (unpaired) electrons. The fourth-order valence-electron chi connectivity index (χ4n) is 1.98. The van der Waals surface area contributed by atoms with Crippen molar-refractivity contribution in [2.45, 2.75) is 19.4 Å². The van der Waals surface area contributed by atoms with Crippen LogP contribution < -0.4 is 5.32 Å². The van der Waals surface area contributed by atoms with Crippen LogP contribution in [0, 0.1) is 6.92 Å². The largest absolute Gasteiger partial charge is 0.481 e. The lowest BCUT2D eigenvalue weighted by Crippen LogP contribution is -2.30. The van der Waals surface area contributed by atoms with E-state index in [1.54, 1.807) is 29.6 Å². The third kappa shape index (κ3) is 4.06. The molecule has 0 aliphatic heterocycles. The number of carboxylic acid groups (broad SMARTS) is 1. The Labute approximate surface area is 131 Å². The SMILES string of the molecule is Cc1cscc1C(=O)NC(CC(=O)O)c1cccc(Cl)c1. The van der Waals surface area contributed by atoms with E-state index < -0.39 is 12.0 Å². The molecule has 0 spiro atoms. The number of rotatable bonds is 5. The molecule has 0 saturated heterocycles. The molecule has 0 aliphatic rings. The maximum atomic E-state index is 12.2. The number of thiophene rings is 1. The van der Waals surface area contributed by atoms with E-state index in [0.717, 1.165) is 5.56 Å². The van der Waals surface area contributed by atoms with Gasteiger partial charge in [-0.2, -0.15) is 11.3 Å². The molecule has 0 aliphatic carbocycles. The van der Waals surface area contributed by atoms with Crippen molar-refractivity contribution >= 4 is 34.8 Å². The van der Waals surface area contributed by atoms with Crippen LogP contribution in [0.5, 0.6) is 0 Å². The van der Waals surface area contributed by atoms with Gasteiger partial charge in [-0.15, -0.1) is 0 Å². The molecule has 21 heavy (non-hydrogen) atoms. The fourth-order valence-corrected chi connectivity index (χ4v) is 3.01. The van der Waals surface area contributed by atoms with Gasteiger partial charge in [-0.25, -0.2) is 0 Å². The van der Waals surface area contributed by atoms with Crippen molar-refractivity contribution in [1.82, 2.24) is 5.32 Å². The number of hydrogen-bond acceptors (Lipinski definition) is 3. The van der Waals surface area contributed by atoms with Crippen LogP contribution in [0.3, 0.4) is 0 Å². The Balaban J connectivity index is 2.23. The number of carboxylic acids is 1. The highest BCUT2D eigenvalue weighted by Gasteiger charge is 2.20. The summed E-state index contributed by atoms with van der Waals surface area (Å²) in [7, 11) is 0. The Kier molecular flexibility index (Phi) is 4.98. The van der Waals surface area contributed by atoms with E-state index in [0.29, 0.717) is 16.1 Å². The van der Waals surface area contributed by atoms with Gasteiger partial charge in [0.1, 0.15) is 0 Å². The van der Waals surface area contributed by atoms with Crippen molar-refractivity contribution in [3.05, 3.63) is 56.7 Å². The second-order valence-corrected chi connectivity index (χ2v) is 5.83. The van der Waals surface area contributed by atoms with Crippen LogP contribution in [0.1, 0.15) is 33.9 Å². The molecule has 2 aromatic rings. The van der Waals surface area contributed by atoms with Gasteiger partial charge in [0.2, 0.25) is 0 Å². The van der Waals surface area contributed by atoms with Crippen LogP contribution in [0.25, 0.3) is 0 Å². The number of amides is 1. The van der Waals surface area contributed by atoms with Gasteiger partial charge in [-0.05, 0) is 35.6 Å². The Hall–Kier alpha value is -1.85. The van der Waals surface area contributed by atoms with Crippen molar-refractivity contribution in [3.8, 4) is 0 Å². The first kappa shape index (κ1) is 15.5. The molecule has 0 bridgehead atoms. The first-order chi connectivity index (χ1) is 9.97. The molecular formula is C15H14ClNO3S. The van der Waals surface area contributed by atoms with E-state index in [2.05, 4.69) is 5.32 Å². The van der Waals surface area contributed by atoms with E-state index in [9.17, 15) is 9.59 Å². The van der Waals surface area contributed by atoms with Gasteiger partial charge in [0.05, 0.1) is 18.0 Å². The number of carbonyl (C=O) groups excluding carboxylic acids is 1. The van der Waals surface area contributed by atoms with Crippen LogP contribution in [-0.4, -0.2) is 17.0 Å². The summed E-state index contributed by atoms with van der Waals surface area (Å²) in [4.78, 5) is 23.3. The number of benzene rings is 1. The fraction of sp³-hybridized carbons (Fsp3) is 0.200. The smallest absolute Gasteiger partial charge is 0.305 e. The molecular weight excluding hydrogens is 310 g/mol. The van der Waals surface area contributed by atoms with Gasteiger partial charge < -0.3 is 10.4 Å². The predicted octanol–water partition coefficient (Wildman–Crippen LogP) is 3.66. The van der Waals surface area contributed by atoms with E-state index in [1.807, 2.05) is 12.3 Å². The van der Waals surface area contributed by atoms with Gasteiger partial charge in [-0.3, -0.25) is 9.59 Å². The van der Waals surface area contributed by atoms with Crippen LogP contribution in [0.2, 0.25) is 5.02 Å². The van der Waals surface area contributed by atoms with Crippen LogP contribution in [0.4, 0.5) is 0 Å². The third-order valence-electron chi connectivity index (χ3n) is 3.04. The molecule has 0 fully saturated rings. The minimum Gasteiger partial charge on any atom is -0.481 e. The van der Waals surface area contributed by atoms with Gasteiger partial charge in [0.25, 0.3) is 5.91 Å². The summed E-state index contributed by atoms with van der Waals surface area (Å²) in [5.74, 6) is -1.26. The molecule has 4 nitrogen and oxygen atoms in total. The highest BCUT2D eigenvalue weighted by atomic mass is 35.5. The van der Waals surface area contributed by atoms with Gasteiger partial charge in [-0.1, -0.05) is 23.7 Å². The second-order valence-electron chi connectivity index (χ2n) is 4.65. The first-order valence-corrected chi connectivity index (χ1v) is 7.60. The molecule has 6 heteroatoms. The van der Waals surface area contributed by atoms with Crippen molar-refractivity contribution in [2.75, 3.05) is 0 Å². The van der Waals surface area contributed by atoms with E-state index in [-0.39, 0.29) is 12.3 Å². The van der Waals surface area contributed by atoms with Gasteiger partial charge in [0.15, 0.2) is 0 Å². The molecule has 1 aromatic carbocycles. The highest BCUT2D eigenvalue weighted by molar-refractivity contribution is 7.08. The Bertz CT molecular complexity index is 668. The molecule has 1 amide bonds. The number of aryl methyl sites for hydroxylation is 1. The summed E-state index contributed by atoms with van der Waals surface area (Å²) >= 11 is 7.36. The standard InChI is InChI=1S/C15H14ClNO3S/c1-9-7-21-8-12(9)15(20)17-13(6-14(18)19)10-3-2-4-11(16)5-10/h2-5,7-8,13H,6H2,1H3,(H,17,20)(H,18,19). The van der Waals surface area contributed by atoms with E-state index in [1.165, 1.54) is 11.3 Å². The quantitative estimate of drug-likeness (QED) is 0.882. The summed E-state index contributed by atoms with van der Waals surface area (Å²) < 4.78 is 0. The molecule has 1 atom stereocenters. The number of hydrogen-bond donors (Lipinski definition) is 2. The molecule has 0 saturated carbocycles. The molecule has 2 N–H and O–H groups in total. The summed E-state index contributed by atoms with van der Waals surface area (Å²) in [5, 5.41) is 15.9. The average molecular weight is 324 g/mol. The lowest BCUT2D eigenvalue weighted by Gasteiger charge is -2.17. The minimum absolute atomic E-state index is 0.199. The highest BCUT2D eigenvalue weighted by Crippen LogP contribution is 2.22.